The number of rotatable bonds is 3. The van der Waals surface area contributed by atoms with Crippen LogP contribution in [0.4, 0.5) is 5.82 Å². The molecule has 2 aliphatic heterocycles. The summed E-state index contributed by atoms with van der Waals surface area (Å²) in [6.45, 7) is 6.17. The molecule has 7 nitrogen and oxygen atoms in total. The molecule has 0 aromatic carbocycles. The van der Waals surface area contributed by atoms with Crippen molar-refractivity contribution < 1.29 is 4.74 Å². The first-order chi connectivity index (χ1) is 10.9. The highest BCUT2D eigenvalue weighted by Crippen LogP contribution is 2.17. The van der Waals surface area contributed by atoms with Crippen LogP contribution < -0.4 is 4.90 Å². The van der Waals surface area contributed by atoms with Crippen molar-refractivity contribution in [3.05, 3.63) is 18.5 Å². The Morgan fingerprint density at radius 1 is 1.14 bits per heavy atom. The Kier molecular flexibility index (Phi) is 3.90. The lowest BCUT2D eigenvalue weighted by atomic mass is 10.1. The maximum Gasteiger partial charge on any atom is 0.177 e. The van der Waals surface area contributed by atoms with Gasteiger partial charge in [-0.3, -0.25) is 4.90 Å². The van der Waals surface area contributed by atoms with Gasteiger partial charge in [0.1, 0.15) is 12.1 Å². The predicted octanol–water partition coefficient (Wildman–Crippen LogP) is 0.815. The summed E-state index contributed by atoms with van der Waals surface area (Å²) in [4.78, 5) is 4.85. The molecule has 1 atom stereocenters. The summed E-state index contributed by atoms with van der Waals surface area (Å²) in [6.07, 6.45) is 5.84. The van der Waals surface area contributed by atoms with Crippen molar-refractivity contribution in [2.45, 2.75) is 25.4 Å². The fourth-order valence-corrected chi connectivity index (χ4v) is 3.29. The summed E-state index contributed by atoms with van der Waals surface area (Å²) < 4.78 is 7.58. The number of hydrogen-bond acceptors (Lipinski definition) is 6. The van der Waals surface area contributed by atoms with Crippen molar-refractivity contribution >= 4 is 11.5 Å². The molecule has 0 unspecified atom stereocenters. The second kappa shape index (κ2) is 6.18. The molecule has 118 valence electrons. The van der Waals surface area contributed by atoms with Crippen molar-refractivity contribution in [2.75, 3.05) is 44.2 Å². The average Bonchev–Trinajstić information content (AvgIpc) is 3.04. The number of hydrogen-bond donors (Lipinski definition) is 0. The molecule has 7 heteroatoms. The number of ether oxygens (including phenoxy) is 1. The van der Waals surface area contributed by atoms with Crippen molar-refractivity contribution in [3.63, 3.8) is 0 Å². The molecular formula is C15H22N6O. The molecule has 2 aliphatic rings. The van der Waals surface area contributed by atoms with Crippen LogP contribution in [-0.4, -0.2) is 70.1 Å². The van der Waals surface area contributed by atoms with Gasteiger partial charge in [0.15, 0.2) is 5.65 Å². The van der Waals surface area contributed by atoms with Gasteiger partial charge in [0.25, 0.3) is 0 Å². The zero-order chi connectivity index (χ0) is 14.8. The third kappa shape index (κ3) is 2.91. The van der Waals surface area contributed by atoms with Crippen LogP contribution >= 0.6 is 0 Å². The molecule has 4 heterocycles. The highest BCUT2D eigenvalue weighted by Gasteiger charge is 2.22. The van der Waals surface area contributed by atoms with Crippen LogP contribution in [-0.2, 0) is 4.74 Å². The zero-order valence-corrected chi connectivity index (χ0v) is 12.8. The zero-order valence-electron chi connectivity index (χ0n) is 12.8. The molecule has 4 rings (SSSR count). The lowest BCUT2D eigenvalue weighted by molar-refractivity contribution is -0.00647. The monoisotopic (exact) mass is 302 g/mol. The Labute approximate surface area is 129 Å². The SMILES string of the molecule is c1cc2nncn2nc1N1CCN(C[C@@H]2CCCCO2)CC1. The van der Waals surface area contributed by atoms with E-state index in [1.807, 2.05) is 12.1 Å². The lowest BCUT2D eigenvalue weighted by Gasteiger charge is -2.37. The Balaban J connectivity index is 1.34. The molecule has 0 aliphatic carbocycles. The highest BCUT2D eigenvalue weighted by molar-refractivity contribution is 5.45. The van der Waals surface area contributed by atoms with Crippen LogP contribution in [0.2, 0.25) is 0 Å². The van der Waals surface area contributed by atoms with Crippen molar-refractivity contribution in [2.24, 2.45) is 0 Å². The topological polar surface area (TPSA) is 58.8 Å². The highest BCUT2D eigenvalue weighted by atomic mass is 16.5. The van der Waals surface area contributed by atoms with Crippen LogP contribution in [0.15, 0.2) is 18.5 Å². The molecule has 2 saturated heterocycles. The van der Waals surface area contributed by atoms with Gasteiger partial charge in [0, 0.05) is 39.3 Å². The van der Waals surface area contributed by atoms with E-state index in [1.54, 1.807) is 10.8 Å². The number of piperazine rings is 1. The van der Waals surface area contributed by atoms with Crippen LogP contribution in [0.3, 0.4) is 0 Å². The molecule has 0 spiro atoms. The average molecular weight is 302 g/mol. The lowest BCUT2D eigenvalue weighted by Crippen LogP contribution is -2.49. The maximum absolute atomic E-state index is 5.85. The first kappa shape index (κ1) is 13.9. The molecule has 0 saturated carbocycles. The normalized spacial score (nSPS) is 24.0. The summed E-state index contributed by atoms with van der Waals surface area (Å²) in [5, 5.41) is 12.4. The number of fused-ring (bicyclic) bond motifs is 1. The van der Waals surface area contributed by atoms with Gasteiger partial charge in [-0.1, -0.05) is 0 Å². The number of aromatic nitrogens is 4. The van der Waals surface area contributed by atoms with E-state index in [4.69, 9.17) is 4.74 Å². The molecule has 2 aromatic rings. The standard InChI is InChI=1S/C15H22N6O/c1-2-10-22-13(3-1)11-19-6-8-20(9-7-19)15-5-4-14-17-16-12-21(14)18-15/h4-5,12-13H,1-3,6-11H2/t13-/m0/s1. The van der Waals surface area contributed by atoms with E-state index in [1.165, 1.54) is 19.3 Å². The van der Waals surface area contributed by atoms with Crippen molar-refractivity contribution in [3.8, 4) is 0 Å². The van der Waals surface area contributed by atoms with Gasteiger partial charge < -0.3 is 9.64 Å². The summed E-state index contributed by atoms with van der Waals surface area (Å²) in [5.41, 5.74) is 0.789. The van der Waals surface area contributed by atoms with Crippen molar-refractivity contribution in [1.82, 2.24) is 24.7 Å². The summed E-state index contributed by atoms with van der Waals surface area (Å²) in [5.74, 6) is 1.00. The van der Waals surface area contributed by atoms with Crippen LogP contribution in [0.25, 0.3) is 5.65 Å². The molecule has 2 fully saturated rings. The van der Waals surface area contributed by atoms with Crippen LogP contribution in [0.5, 0.6) is 0 Å². The van der Waals surface area contributed by atoms with E-state index in [0.29, 0.717) is 6.10 Å². The minimum Gasteiger partial charge on any atom is -0.377 e. The van der Waals surface area contributed by atoms with Gasteiger partial charge in [-0.25, -0.2) is 0 Å². The largest absolute Gasteiger partial charge is 0.377 e. The molecular weight excluding hydrogens is 280 g/mol. The van der Waals surface area contributed by atoms with Crippen LogP contribution in [0.1, 0.15) is 19.3 Å². The molecule has 0 bridgehead atoms. The minimum atomic E-state index is 0.437. The van der Waals surface area contributed by atoms with E-state index in [0.717, 1.165) is 50.8 Å². The second-order valence-corrected chi connectivity index (χ2v) is 6.10. The van der Waals surface area contributed by atoms with E-state index in [9.17, 15) is 0 Å². The Bertz CT molecular complexity index is 615. The van der Waals surface area contributed by atoms with Gasteiger partial charge in [-0.05, 0) is 31.4 Å². The first-order valence-corrected chi connectivity index (χ1v) is 8.14. The van der Waals surface area contributed by atoms with E-state index in [-0.39, 0.29) is 0 Å². The number of anilines is 1. The molecule has 0 radical (unpaired) electrons. The predicted molar refractivity (Wildman–Crippen MR) is 83.0 cm³/mol. The maximum atomic E-state index is 5.85. The van der Waals surface area contributed by atoms with Gasteiger partial charge in [0.05, 0.1) is 6.10 Å². The first-order valence-electron chi connectivity index (χ1n) is 8.14. The van der Waals surface area contributed by atoms with E-state index < -0.39 is 0 Å². The third-order valence-corrected chi connectivity index (χ3v) is 4.58. The fourth-order valence-electron chi connectivity index (χ4n) is 3.29. The summed E-state index contributed by atoms with van der Waals surface area (Å²) in [7, 11) is 0. The Morgan fingerprint density at radius 2 is 2.05 bits per heavy atom. The smallest absolute Gasteiger partial charge is 0.177 e. The molecule has 0 N–H and O–H groups in total. The summed E-state index contributed by atoms with van der Waals surface area (Å²) in [6, 6.07) is 4.00. The van der Waals surface area contributed by atoms with Gasteiger partial charge in [-0.2, -0.15) is 4.52 Å². The molecule has 2 aromatic heterocycles. The van der Waals surface area contributed by atoms with Gasteiger partial charge >= 0.3 is 0 Å². The Hall–Kier alpha value is -1.73. The minimum absolute atomic E-state index is 0.437. The molecule has 22 heavy (non-hydrogen) atoms. The van der Waals surface area contributed by atoms with E-state index in [2.05, 4.69) is 25.1 Å². The fraction of sp³-hybridized carbons (Fsp3) is 0.667. The van der Waals surface area contributed by atoms with E-state index >= 15 is 0 Å². The summed E-state index contributed by atoms with van der Waals surface area (Å²) >= 11 is 0. The Morgan fingerprint density at radius 3 is 2.86 bits per heavy atom. The quantitative estimate of drug-likeness (QED) is 0.836. The third-order valence-electron chi connectivity index (χ3n) is 4.58. The van der Waals surface area contributed by atoms with Crippen LogP contribution in [0, 0.1) is 0 Å². The van der Waals surface area contributed by atoms with Gasteiger partial charge in [0.2, 0.25) is 0 Å². The van der Waals surface area contributed by atoms with Crippen molar-refractivity contribution in [1.29, 1.82) is 0 Å². The second-order valence-electron chi connectivity index (χ2n) is 6.10. The number of nitrogens with zero attached hydrogens (tertiary/aromatic N) is 6. The molecule has 0 amide bonds. The van der Waals surface area contributed by atoms with Gasteiger partial charge in [-0.15, -0.1) is 15.3 Å².